The second-order valence-corrected chi connectivity index (χ2v) is 7.64. The van der Waals surface area contributed by atoms with Gasteiger partial charge in [-0.15, -0.1) is 0 Å². The van der Waals surface area contributed by atoms with Crippen LogP contribution in [0.1, 0.15) is 36.5 Å². The summed E-state index contributed by atoms with van der Waals surface area (Å²) in [5.74, 6) is -2.16. The highest BCUT2D eigenvalue weighted by atomic mass is 19.2. The van der Waals surface area contributed by atoms with Crippen LogP contribution in [0.2, 0.25) is 0 Å². The Bertz CT molecular complexity index is 943. The molecule has 1 aliphatic heterocycles. The zero-order valence-corrected chi connectivity index (χ0v) is 17.3. The molecule has 7 nitrogen and oxygen atoms in total. The van der Waals surface area contributed by atoms with Gasteiger partial charge in [0, 0.05) is 25.6 Å². The molecular weight excluding hydrogens is 394 g/mol. The van der Waals surface area contributed by atoms with E-state index < -0.39 is 23.6 Å². The Morgan fingerprint density at radius 3 is 2.67 bits per heavy atom. The number of hydrogen-bond acceptors (Lipinski definition) is 4. The Hall–Kier alpha value is -2.81. The van der Waals surface area contributed by atoms with Gasteiger partial charge in [0.15, 0.2) is 11.6 Å². The van der Waals surface area contributed by atoms with E-state index >= 15 is 0 Å². The van der Waals surface area contributed by atoms with E-state index in [0.717, 1.165) is 12.1 Å². The predicted molar refractivity (Wildman–Crippen MR) is 107 cm³/mol. The number of imidazole rings is 1. The summed E-state index contributed by atoms with van der Waals surface area (Å²) >= 11 is 0. The van der Waals surface area contributed by atoms with Crippen LogP contribution in [0, 0.1) is 17.6 Å². The molecule has 0 unspecified atom stereocenters. The lowest BCUT2D eigenvalue weighted by Crippen LogP contribution is -2.46. The summed E-state index contributed by atoms with van der Waals surface area (Å²) < 4.78 is 34.5. The molecule has 0 bridgehead atoms. The highest BCUT2D eigenvalue weighted by molar-refractivity contribution is 5.97. The number of likely N-dealkylation sites (N-methyl/N-ethyl adjacent to an activating group) is 1. The number of hydrogen-bond donors (Lipinski definition) is 2. The van der Waals surface area contributed by atoms with Gasteiger partial charge in [0.05, 0.1) is 18.9 Å². The van der Waals surface area contributed by atoms with Gasteiger partial charge < -0.3 is 19.9 Å². The molecular formula is C21H26F2N4O3. The first-order valence-electron chi connectivity index (χ1n) is 9.96. The van der Waals surface area contributed by atoms with E-state index in [1.807, 2.05) is 13.8 Å². The lowest BCUT2D eigenvalue weighted by Gasteiger charge is -2.19. The fourth-order valence-corrected chi connectivity index (χ4v) is 3.55. The lowest BCUT2D eigenvalue weighted by molar-refractivity contribution is -0.122. The number of aromatic nitrogens is 2. The van der Waals surface area contributed by atoms with E-state index in [1.54, 1.807) is 4.57 Å². The van der Waals surface area contributed by atoms with Crippen LogP contribution in [-0.2, 0) is 22.5 Å². The molecule has 1 aromatic carbocycles. The van der Waals surface area contributed by atoms with Crippen molar-refractivity contribution in [1.82, 2.24) is 20.2 Å². The van der Waals surface area contributed by atoms with Gasteiger partial charge >= 0.3 is 0 Å². The quantitative estimate of drug-likeness (QED) is 0.751. The highest BCUT2D eigenvalue weighted by Gasteiger charge is 2.28. The maximum absolute atomic E-state index is 13.8. The van der Waals surface area contributed by atoms with E-state index in [9.17, 15) is 18.4 Å². The standard InChI is InChI=1S/C21H26F2N4O3/c1-12(2)10-16(20(28)24-3)25-21(29)18-17-6-8-30-9-7-27(17)19(26-18)13-4-5-14(22)15(23)11-13/h4-5,11-12,16H,6-10H2,1-3H3,(H,24,28)(H,25,29)/t16-/m0/s1. The minimum atomic E-state index is -0.989. The van der Waals surface area contributed by atoms with Gasteiger partial charge in [0.2, 0.25) is 5.91 Å². The summed E-state index contributed by atoms with van der Waals surface area (Å²) in [5.41, 5.74) is 1.17. The van der Waals surface area contributed by atoms with Crippen LogP contribution in [0.5, 0.6) is 0 Å². The first kappa shape index (κ1) is 21.9. The molecule has 1 aromatic heterocycles. The van der Waals surface area contributed by atoms with Crippen molar-refractivity contribution in [1.29, 1.82) is 0 Å². The Morgan fingerprint density at radius 1 is 1.23 bits per heavy atom. The summed E-state index contributed by atoms with van der Waals surface area (Å²) in [4.78, 5) is 29.7. The molecule has 0 aliphatic carbocycles. The van der Waals surface area contributed by atoms with Gasteiger partial charge in [0.25, 0.3) is 5.91 Å². The molecule has 9 heteroatoms. The molecule has 162 valence electrons. The SMILES string of the molecule is CNC(=O)[C@H](CC(C)C)NC(=O)c1nc(-c2ccc(F)c(F)c2)n2c1CCOCC2. The van der Waals surface area contributed by atoms with Crippen LogP contribution in [-0.4, -0.2) is 47.7 Å². The number of amides is 2. The van der Waals surface area contributed by atoms with Gasteiger partial charge in [-0.1, -0.05) is 13.8 Å². The van der Waals surface area contributed by atoms with Crippen molar-refractivity contribution in [3.05, 3.63) is 41.2 Å². The maximum atomic E-state index is 13.8. The van der Waals surface area contributed by atoms with Crippen molar-refractivity contribution in [2.75, 3.05) is 20.3 Å². The van der Waals surface area contributed by atoms with Crippen molar-refractivity contribution < 1.29 is 23.1 Å². The summed E-state index contributed by atoms with van der Waals surface area (Å²) in [6.45, 7) is 5.17. The summed E-state index contributed by atoms with van der Waals surface area (Å²) in [6, 6.07) is 2.82. The van der Waals surface area contributed by atoms with Gasteiger partial charge in [-0.25, -0.2) is 13.8 Å². The third-order valence-electron chi connectivity index (χ3n) is 4.98. The van der Waals surface area contributed by atoms with Gasteiger partial charge in [-0.2, -0.15) is 0 Å². The van der Waals surface area contributed by atoms with Crippen LogP contribution in [0.25, 0.3) is 11.4 Å². The zero-order chi connectivity index (χ0) is 21.8. The van der Waals surface area contributed by atoms with Crippen molar-refractivity contribution in [2.24, 2.45) is 5.92 Å². The van der Waals surface area contributed by atoms with Crippen molar-refractivity contribution >= 4 is 11.8 Å². The molecule has 0 spiro atoms. The predicted octanol–water partition coefficient (Wildman–Crippen LogP) is 2.29. The average molecular weight is 420 g/mol. The second-order valence-electron chi connectivity index (χ2n) is 7.64. The fraction of sp³-hybridized carbons (Fsp3) is 0.476. The number of ether oxygens (including phenoxy) is 1. The number of nitrogens with one attached hydrogen (secondary N) is 2. The van der Waals surface area contributed by atoms with E-state index in [-0.39, 0.29) is 17.5 Å². The molecule has 2 N–H and O–H groups in total. The van der Waals surface area contributed by atoms with Crippen molar-refractivity contribution in [3.63, 3.8) is 0 Å². The maximum Gasteiger partial charge on any atom is 0.272 e. The van der Waals surface area contributed by atoms with Gasteiger partial charge in [-0.3, -0.25) is 9.59 Å². The number of rotatable bonds is 6. The normalized spacial score (nSPS) is 14.7. The minimum absolute atomic E-state index is 0.165. The van der Waals surface area contributed by atoms with Gasteiger partial charge in [-0.05, 0) is 30.5 Å². The molecule has 1 aliphatic rings. The first-order chi connectivity index (χ1) is 14.3. The van der Waals surface area contributed by atoms with E-state index in [1.165, 1.54) is 13.1 Å². The number of carbonyl (C=O) groups is 2. The molecule has 3 rings (SSSR count). The largest absolute Gasteiger partial charge is 0.379 e. The first-order valence-corrected chi connectivity index (χ1v) is 9.96. The topological polar surface area (TPSA) is 85.3 Å². The van der Waals surface area contributed by atoms with Crippen LogP contribution in [0.3, 0.4) is 0 Å². The summed E-state index contributed by atoms with van der Waals surface area (Å²) in [6.07, 6.45) is 0.912. The van der Waals surface area contributed by atoms with E-state index in [2.05, 4.69) is 15.6 Å². The second kappa shape index (κ2) is 9.34. The molecule has 0 saturated carbocycles. The van der Waals surface area contributed by atoms with Crippen LogP contribution in [0.15, 0.2) is 18.2 Å². The van der Waals surface area contributed by atoms with Crippen LogP contribution < -0.4 is 10.6 Å². The Labute approximate surface area is 173 Å². The van der Waals surface area contributed by atoms with Crippen LogP contribution >= 0.6 is 0 Å². The molecule has 2 amide bonds. The molecule has 1 atom stereocenters. The number of carbonyl (C=O) groups excluding carboxylic acids is 2. The van der Waals surface area contributed by atoms with E-state index in [0.29, 0.717) is 49.7 Å². The number of benzene rings is 1. The molecule has 0 radical (unpaired) electrons. The minimum Gasteiger partial charge on any atom is -0.379 e. The van der Waals surface area contributed by atoms with Crippen LogP contribution in [0.4, 0.5) is 8.78 Å². The van der Waals surface area contributed by atoms with E-state index in [4.69, 9.17) is 4.74 Å². The third kappa shape index (κ3) is 4.67. The lowest BCUT2D eigenvalue weighted by atomic mass is 10.0. The zero-order valence-electron chi connectivity index (χ0n) is 17.3. The Kier molecular flexibility index (Phi) is 6.81. The molecule has 30 heavy (non-hydrogen) atoms. The fourth-order valence-electron chi connectivity index (χ4n) is 3.55. The Morgan fingerprint density at radius 2 is 2.00 bits per heavy atom. The smallest absolute Gasteiger partial charge is 0.272 e. The molecule has 2 aromatic rings. The van der Waals surface area contributed by atoms with Crippen molar-refractivity contribution in [3.8, 4) is 11.4 Å². The number of halogens is 2. The number of fused-ring (bicyclic) bond motifs is 1. The summed E-state index contributed by atoms with van der Waals surface area (Å²) in [5, 5.41) is 5.34. The van der Waals surface area contributed by atoms with Crippen molar-refractivity contribution in [2.45, 2.75) is 39.3 Å². The molecule has 0 fully saturated rings. The van der Waals surface area contributed by atoms with Gasteiger partial charge in [0.1, 0.15) is 17.6 Å². The number of nitrogens with zero attached hydrogens (tertiary/aromatic N) is 2. The Balaban J connectivity index is 1.99. The molecule has 2 heterocycles. The molecule has 0 saturated heterocycles. The monoisotopic (exact) mass is 420 g/mol. The third-order valence-corrected chi connectivity index (χ3v) is 4.98. The summed E-state index contributed by atoms with van der Waals surface area (Å²) in [7, 11) is 1.52. The average Bonchev–Trinajstić information content (AvgIpc) is 2.89. The highest BCUT2D eigenvalue weighted by Crippen LogP contribution is 2.26.